The predicted octanol–water partition coefficient (Wildman–Crippen LogP) is 2.99. The lowest BCUT2D eigenvalue weighted by molar-refractivity contribution is 0.0839. The van der Waals surface area contributed by atoms with Gasteiger partial charge in [0, 0.05) is 28.8 Å². The minimum absolute atomic E-state index is 0.0782. The molecule has 1 aromatic carbocycles. The Kier molecular flexibility index (Phi) is 3.40. The number of fused-ring (bicyclic) bond motifs is 2. The van der Waals surface area contributed by atoms with Crippen molar-refractivity contribution >= 4 is 29.0 Å². The molecule has 4 bridgehead atoms. The van der Waals surface area contributed by atoms with Crippen molar-refractivity contribution in [3.05, 3.63) is 52.3 Å². The first kappa shape index (κ1) is 16.4. The maximum absolute atomic E-state index is 12.7. The van der Waals surface area contributed by atoms with E-state index in [-0.39, 0.29) is 11.9 Å². The number of anilines is 1. The zero-order chi connectivity index (χ0) is 18.8. The third kappa shape index (κ3) is 2.61. The van der Waals surface area contributed by atoms with Crippen molar-refractivity contribution in [1.29, 1.82) is 0 Å². The van der Waals surface area contributed by atoms with E-state index in [9.17, 15) is 4.79 Å². The number of halogens is 1. The summed E-state index contributed by atoms with van der Waals surface area (Å²) < 4.78 is 7.91. The highest BCUT2D eigenvalue weighted by atomic mass is 35.5. The largest absolute Gasteiger partial charge is 0.485 e. The zero-order valence-corrected chi connectivity index (χ0v) is 15.7. The summed E-state index contributed by atoms with van der Waals surface area (Å²) >= 11 is 6.36. The smallest absolute Gasteiger partial charge is 0.256 e. The molecule has 8 heteroatoms. The lowest BCUT2D eigenvalue weighted by Crippen LogP contribution is -2.44. The zero-order valence-electron chi connectivity index (χ0n) is 14.9. The summed E-state index contributed by atoms with van der Waals surface area (Å²) in [6.45, 7) is 4.40. The molecule has 2 aliphatic heterocycles. The number of aromatic nitrogens is 3. The lowest BCUT2D eigenvalue weighted by atomic mass is 9.97. The van der Waals surface area contributed by atoms with Gasteiger partial charge in [-0.1, -0.05) is 11.6 Å². The van der Waals surface area contributed by atoms with Crippen molar-refractivity contribution in [2.45, 2.75) is 31.9 Å². The van der Waals surface area contributed by atoms with E-state index < -0.39 is 5.60 Å². The van der Waals surface area contributed by atoms with E-state index in [1.807, 2.05) is 32.0 Å². The Hall–Kier alpha value is -2.80. The first-order chi connectivity index (χ1) is 12.9. The molecule has 3 aromatic rings. The van der Waals surface area contributed by atoms with Gasteiger partial charge in [0.05, 0.1) is 18.8 Å². The summed E-state index contributed by atoms with van der Waals surface area (Å²) in [5.41, 5.74) is 2.43. The van der Waals surface area contributed by atoms with Crippen molar-refractivity contribution in [3.63, 3.8) is 0 Å². The van der Waals surface area contributed by atoms with E-state index in [1.54, 1.807) is 10.7 Å². The van der Waals surface area contributed by atoms with E-state index in [4.69, 9.17) is 16.3 Å². The molecule has 4 heterocycles. The van der Waals surface area contributed by atoms with E-state index in [0.29, 0.717) is 35.0 Å². The number of carbonyl (C=O) groups excluding carboxylic acids is 1. The van der Waals surface area contributed by atoms with Crippen LogP contribution in [0.15, 0.2) is 30.6 Å². The molecule has 2 aliphatic rings. The van der Waals surface area contributed by atoms with Gasteiger partial charge in [-0.15, -0.1) is 0 Å². The maximum Gasteiger partial charge on any atom is 0.256 e. The first-order valence-electron chi connectivity index (χ1n) is 8.82. The number of carbonyl (C=O) groups is 1. The number of hydrogen-bond donors (Lipinski definition) is 2. The molecule has 0 radical (unpaired) electrons. The van der Waals surface area contributed by atoms with Gasteiger partial charge in [-0.25, -0.2) is 9.50 Å². The Morgan fingerprint density at radius 3 is 3.11 bits per heavy atom. The molecule has 2 atom stereocenters. The number of ether oxygens (including phenoxy) is 1. The Labute approximate surface area is 160 Å². The van der Waals surface area contributed by atoms with Crippen molar-refractivity contribution in [1.82, 2.24) is 19.9 Å². The second-order valence-electron chi connectivity index (χ2n) is 7.40. The highest BCUT2D eigenvalue weighted by Crippen LogP contribution is 2.42. The van der Waals surface area contributed by atoms with Crippen LogP contribution in [0, 0.1) is 0 Å². The van der Waals surface area contributed by atoms with Crippen LogP contribution < -0.4 is 15.4 Å². The molecule has 0 saturated heterocycles. The van der Waals surface area contributed by atoms with Crippen molar-refractivity contribution in [2.24, 2.45) is 0 Å². The molecule has 2 aromatic heterocycles. The number of amides is 1. The van der Waals surface area contributed by atoms with Crippen LogP contribution in [0.2, 0.25) is 5.02 Å². The van der Waals surface area contributed by atoms with Crippen LogP contribution in [-0.4, -0.2) is 32.7 Å². The SMILES string of the molecule is C[C@H]1Nc2ccn3ncc(c3n2)C(=O)NCC2(C)Cc3cc(Cl)cc1c3O2. The molecule has 0 saturated carbocycles. The van der Waals surface area contributed by atoms with Gasteiger partial charge in [0.1, 0.15) is 22.7 Å². The van der Waals surface area contributed by atoms with Crippen LogP contribution in [0.4, 0.5) is 5.82 Å². The van der Waals surface area contributed by atoms with E-state index >= 15 is 0 Å². The number of rotatable bonds is 0. The summed E-state index contributed by atoms with van der Waals surface area (Å²) in [4.78, 5) is 17.3. The number of nitrogens with zero attached hydrogens (tertiary/aromatic N) is 3. The predicted molar refractivity (Wildman–Crippen MR) is 102 cm³/mol. The normalized spacial score (nSPS) is 23.8. The van der Waals surface area contributed by atoms with Crippen LogP contribution >= 0.6 is 11.6 Å². The molecule has 1 unspecified atom stereocenters. The third-order valence-corrected chi connectivity index (χ3v) is 5.36. The van der Waals surface area contributed by atoms with Crippen molar-refractivity contribution < 1.29 is 9.53 Å². The molecule has 1 amide bonds. The number of hydrogen-bond acceptors (Lipinski definition) is 5. The molecule has 5 rings (SSSR count). The van der Waals surface area contributed by atoms with Crippen LogP contribution in [0.25, 0.3) is 5.65 Å². The fourth-order valence-electron chi connectivity index (χ4n) is 3.81. The summed E-state index contributed by atoms with van der Waals surface area (Å²) in [6.07, 6.45) is 3.99. The third-order valence-electron chi connectivity index (χ3n) is 5.14. The van der Waals surface area contributed by atoms with Gasteiger partial charge in [0.2, 0.25) is 0 Å². The van der Waals surface area contributed by atoms with Crippen LogP contribution in [-0.2, 0) is 6.42 Å². The van der Waals surface area contributed by atoms with Gasteiger partial charge in [-0.2, -0.15) is 5.10 Å². The summed E-state index contributed by atoms with van der Waals surface area (Å²) in [5.74, 6) is 1.26. The monoisotopic (exact) mass is 383 g/mol. The molecule has 2 N–H and O–H groups in total. The summed E-state index contributed by atoms with van der Waals surface area (Å²) in [7, 11) is 0. The van der Waals surface area contributed by atoms with Crippen LogP contribution in [0.3, 0.4) is 0 Å². The van der Waals surface area contributed by atoms with Gasteiger partial charge in [0.25, 0.3) is 5.91 Å². The topological polar surface area (TPSA) is 80.5 Å². The van der Waals surface area contributed by atoms with Gasteiger partial charge < -0.3 is 15.4 Å². The van der Waals surface area contributed by atoms with Gasteiger partial charge in [-0.05, 0) is 32.0 Å². The Morgan fingerprint density at radius 2 is 2.26 bits per heavy atom. The summed E-state index contributed by atoms with van der Waals surface area (Å²) in [6, 6.07) is 5.61. The molecule has 7 nitrogen and oxygen atoms in total. The quantitative estimate of drug-likeness (QED) is 0.623. The standard InChI is InChI=1S/C19H18ClN5O2/c1-10-13-6-12(20)5-11-7-19(2,27-16(11)13)9-21-18(26)14-8-22-25-4-3-15(23-10)24-17(14)25/h3-6,8,10H,7,9H2,1-2H3,(H,21,26)(H,23,24)/t10-,19?/m1/s1. The highest BCUT2D eigenvalue weighted by molar-refractivity contribution is 6.30. The molecular weight excluding hydrogens is 366 g/mol. The number of benzene rings is 1. The van der Waals surface area contributed by atoms with E-state index in [2.05, 4.69) is 20.7 Å². The molecule has 138 valence electrons. The fourth-order valence-corrected chi connectivity index (χ4v) is 4.06. The van der Waals surface area contributed by atoms with Crippen molar-refractivity contribution in [3.8, 4) is 5.75 Å². The minimum atomic E-state index is -0.538. The average molecular weight is 384 g/mol. The second-order valence-corrected chi connectivity index (χ2v) is 7.84. The Balaban J connectivity index is 1.68. The van der Waals surface area contributed by atoms with Crippen molar-refractivity contribution in [2.75, 3.05) is 11.9 Å². The van der Waals surface area contributed by atoms with Gasteiger partial charge in [-0.3, -0.25) is 4.79 Å². The molecule has 0 aliphatic carbocycles. The Morgan fingerprint density at radius 1 is 1.41 bits per heavy atom. The fraction of sp³-hybridized carbons (Fsp3) is 0.316. The molecule has 0 spiro atoms. The summed E-state index contributed by atoms with van der Waals surface area (Å²) in [5, 5.41) is 11.2. The first-order valence-corrected chi connectivity index (χ1v) is 9.20. The maximum atomic E-state index is 12.7. The van der Waals surface area contributed by atoms with Crippen LogP contribution in [0.5, 0.6) is 5.75 Å². The van der Waals surface area contributed by atoms with Gasteiger partial charge in [0.15, 0.2) is 5.65 Å². The highest BCUT2D eigenvalue weighted by Gasteiger charge is 2.38. The average Bonchev–Trinajstić information content (AvgIpc) is 3.18. The minimum Gasteiger partial charge on any atom is -0.485 e. The number of nitrogens with one attached hydrogen (secondary N) is 2. The molecular formula is C19H18ClN5O2. The van der Waals surface area contributed by atoms with Gasteiger partial charge >= 0.3 is 0 Å². The van der Waals surface area contributed by atoms with Crippen LogP contribution in [0.1, 0.15) is 41.4 Å². The molecule has 0 fully saturated rings. The molecule has 27 heavy (non-hydrogen) atoms. The van der Waals surface area contributed by atoms with E-state index in [0.717, 1.165) is 16.9 Å². The lowest BCUT2D eigenvalue weighted by Gasteiger charge is -2.25. The van der Waals surface area contributed by atoms with E-state index in [1.165, 1.54) is 6.20 Å². The Bertz CT molecular complexity index is 1100. The second kappa shape index (κ2) is 5.60.